The number of nitrogens with one attached hydrogen (secondary N) is 1. The van der Waals surface area contributed by atoms with Crippen molar-refractivity contribution < 1.29 is 14.3 Å². The van der Waals surface area contributed by atoms with Crippen molar-refractivity contribution >= 4 is 6.09 Å². The van der Waals surface area contributed by atoms with Crippen molar-refractivity contribution in [2.45, 2.75) is 52.3 Å². The molecule has 1 saturated heterocycles. The van der Waals surface area contributed by atoms with Gasteiger partial charge in [0, 0.05) is 19.1 Å². The maximum Gasteiger partial charge on any atom is 0.410 e. The summed E-state index contributed by atoms with van der Waals surface area (Å²) in [5, 5.41) is 3.33. The summed E-state index contributed by atoms with van der Waals surface area (Å²) in [4.78, 5) is 13.9. The second-order valence-corrected chi connectivity index (χ2v) is 5.97. The van der Waals surface area contributed by atoms with Gasteiger partial charge >= 0.3 is 6.09 Å². The first-order valence-electron chi connectivity index (χ1n) is 6.60. The standard InChI is InChI=1S/C13H26N2O3/c1-10(2)14-8-11-9-17-7-6-15(11)12(16)18-13(3,4)5/h10-11,14H,6-9H2,1-5H3. The van der Waals surface area contributed by atoms with Crippen LogP contribution < -0.4 is 5.32 Å². The second-order valence-electron chi connectivity index (χ2n) is 5.97. The molecule has 106 valence electrons. The van der Waals surface area contributed by atoms with Crippen LogP contribution in [-0.2, 0) is 9.47 Å². The van der Waals surface area contributed by atoms with Crippen LogP contribution in [0.25, 0.3) is 0 Å². The van der Waals surface area contributed by atoms with Gasteiger partial charge in [-0.05, 0) is 20.8 Å². The van der Waals surface area contributed by atoms with E-state index in [4.69, 9.17) is 9.47 Å². The molecule has 0 radical (unpaired) electrons. The van der Waals surface area contributed by atoms with Crippen molar-refractivity contribution in [3.05, 3.63) is 0 Å². The third kappa shape index (κ3) is 5.23. The monoisotopic (exact) mass is 258 g/mol. The summed E-state index contributed by atoms with van der Waals surface area (Å²) in [6, 6.07) is 0.448. The molecule has 0 bridgehead atoms. The topological polar surface area (TPSA) is 50.8 Å². The fourth-order valence-electron chi connectivity index (χ4n) is 1.76. The Morgan fingerprint density at radius 1 is 1.50 bits per heavy atom. The Morgan fingerprint density at radius 2 is 2.17 bits per heavy atom. The highest BCUT2D eigenvalue weighted by Crippen LogP contribution is 2.14. The molecule has 0 aliphatic carbocycles. The van der Waals surface area contributed by atoms with Crippen molar-refractivity contribution in [1.82, 2.24) is 10.2 Å². The summed E-state index contributed by atoms with van der Waals surface area (Å²) in [6.45, 7) is 12.3. The Labute approximate surface area is 110 Å². The highest BCUT2D eigenvalue weighted by Gasteiger charge is 2.30. The van der Waals surface area contributed by atoms with E-state index in [1.165, 1.54) is 0 Å². The number of nitrogens with zero attached hydrogens (tertiary/aromatic N) is 1. The summed E-state index contributed by atoms with van der Waals surface area (Å²) in [5.41, 5.74) is -0.453. The predicted octanol–water partition coefficient (Wildman–Crippen LogP) is 1.62. The number of carbonyl (C=O) groups is 1. The Kier molecular flexibility index (Phi) is 5.41. The Morgan fingerprint density at radius 3 is 2.72 bits per heavy atom. The molecule has 5 nitrogen and oxygen atoms in total. The molecule has 0 spiro atoms. The Hall–Kier alpha value is -0.810. The van der Waals surface area contributed by atoms with Crippen LogP contribution in [0.15, 0.2) is 0 Å². The number of hydrogen-bond donors (Lipinski definition) is 1. The van der Waals surface area contributed by atoms with Crippen molar-refractivity contribution in [2.75, 3.05) is 26.3 Å². The number of amides is 1. The first-order valence-corrected chi connectivity index (χ1v) is 6.60. The minimum absolute atomic E-state index is 0.0519. The zero-order chi connectivity index (χ0) is 13.8. The summed E-state index contributed by atoms with van der Waals surface area (Å²) in [7, 11) is 0. The van der Waals surface area contributed by atoms with E-state index in [0.717, 1.165) is 6.54 Å². The molecule has 5 heteroatoms. The van der Waals surface area contributed by atoms with Crippen LogP contribution in [0, 0.1) is 0 Å². The highest BCUT2D eigenvalue weighted by atomic mass is 16.6. The quantitative estimate of drug-likeness (QED) is 0.836. The molecule has 1 rings (SSSR count). The molecule has 1 amide bonds. The average molecular weight is 258 g/mol. The van der Waals surface area contributed by atoms with Crippen molar-refractivity contribution in [3.8, 4) is 0 Å². The molecule has 18 heavy (non-hydrogen) atoms. The number of rotatable bonds is 3. The Bertz CT molecular complexity index is 274. The minimum Gasteiger partial charge on any atom is -0.444 e. The van der Waals surface area contributed by atoms with Gasteiger partial charge in [-0.15, -0.1) is 0 Å². The predicted molar refractivity (Wildman–Crippen MR) is 70.7 cm³/mol. The SMILES string of the molecule is CC(C)NCC1COCCN1C(=O)OC(C)(C)C. The number of ether oxygens (including phenoxy) is 2. The average Bonchev–Trinajstić information content (AvgIpc) is 2.24. The van der Waals surface area contributed by atoms with Gasteiger partial charge in [0.2, 0.25) is 0 Å². The molecule has 1 aliphatic rings. The van der Waals surface area contributed by atoms with Gasteiger partial charge in [0.1, 0.15) is 5.60 Å². The van der Waals surface area contributed by atoms with Gasteiger partial charge in [-0.2, -0.15) is 0 Å². The zero-order valence-corrected chi connectivity index (χ0v) is 12.2. The van der Waals surface area contributed by atoms with Crippen molar-refractivity contribution in [3.63, 3.8) is 0 Å². The first-order chi connectivity index (χ1) is 8.29. The number of morpholine rings is 1. The van der Waals surface area contributed by atoms with E-state index in [0.29, 0.717) is 25.8 Å². The summed E-state index contributed by atoms with van der Waals surface area (Å²) in [6.07, 6.45) is -0.249. The lowest BCUT2D eigenvalue weighted by atomic mass is 10.2. The van der Waals surface area contributed by atoms with Crippen molar-refractivity contribution in [2.24, 2.45) is 0 Å². The minimum atomic E-state index is -0.453. The van der Waals surface area contributed by atoms with Gasteiger partial charge in [0.05, 0.1) is 19.3 Å². The lowest BCUT2D eigenvalue weighted by Gasteiger charge is -2.37. The maximum absolute atomic E-state index is 12.1. The molecule has 0 saturated carbocycles. The number of carbonyl (C=O) groups excluding carboxylic acids is 1. The lowest BCUT2D eigenvalue weighted by molar-refractivity contribution is -0.0320. The van der Waals surface area contributed by atoms with Gasteiger partial charge in [0.15, 0.2) is 0 Å². The molecular weight excluding hydrogens is 232 g/mol. The fourth-order valence-corrected chi connectivity index (χ4v) is 1.76. The third-order valence-corrected chi connectivity index (χ3v) is 2.62. The van der Waals surface area contributed by atoms with Gasteiger partial charge in [-0.3, -0.25) is 4.90 Å². The van der Waals surface area contributed by atoms with Gasteiger partial charge < -0.3 is 14.8 Å². The molecule has 0 aromatic heterocycles. The van der Waals surface area contributed by atoms with Crippen molar-refractivity contribution in [1.29, 1.82) is 0 Å². The third-order valence-electron chi connectivity index (χ3n) is 2.62. The second kappa shape index (κ2) is 6.38. The van der Waals surface area contributed by atoms with E-state index in [1.807, 2.05) is 20.8 Å². The molecule has 0 aromatic carbocycles. The lowest BCUT2D eigenvalue weighted by Crippen LogP contribution is -2.54. The van der Waals surface area contributed by atoms with Gasteiger partial charge in [-0.1, -0.05) is 13.8 Å². The van der Waals surface area contributed by atoms with E-state index >= 15 is 0 Å². The highest BCUT2D eigenvalue weighted by molar-refractivity contribution is 5.68. The molecule has 0 aromatic rings. The number of hydrogen-bond acceptors (Lipinski definition) is 4. The Balaban J connectivity index is 2.55. The first kappa shape index (κ1) is 15.2. The van der Waals surface area contributed by atoms with E-state index in [9.17, 15) is 4.79 Å². The summed E-state index contributed by atoms with van der Waals surface area (Å²) in [5.74, 6) is 0. The van der Waals surface area contributed by atoms with Gasteiger partial charge in [-0.25, -0.2) is 4.79 Å². The summed E-state index contributed by atoms with van der Waals surface area (Å²) >= 11 is 0. The van der Waals surface area contributed by atoms with E-state index in [-0.39, 0.29) is 12.1 Å². The molecule has 1 N–H and O–H groups in total. The summed E-state index contributed by atoms with van der Waals surface area (Å²) < 4.78 is 10.9. The van der Waals surface area contributed by atoms with Gasteiger partial charge in [0.25, 0.3) is 0 Å². The molecule has 1 aliphatic heterocycles. The van der Waals surface area contributed by atoms with Crippen LogP contribution in [0.2, 0.25) is 0 Å². The molecule has 1 heterocycles. The largest absolute Gasteiger partial charge is 0.444 e. The van der Waals surface area contributed by atoms with E-state index < -0.39 is 5.60 Å². The molecule has 1 unspecified atom stereocenters. The molecular formula is C13H26N2O3. The van der Waals surface area contributed by atoms with E-state index in [1.54, 1.807) is 4.90 Å². The van der Waals surface area contributed by atoms with E-state index in [2.05, 4.69) is 19.2 Å². The van der Waals surface area contributed by atoms with Crippen LogP contribution >= 0.6 is 0 Å². The molecule has 1 atom stereocenters. The normalized spacial score (nSPS) is 21.2. The van der Waals surface area contributed by atoms with Crippen LogP contribution in [0.5, 0.6) is 0 Å². The maximum atomic E-state index is 12.1. The smallest absolute Gasteiger partial charge is 0.410 e. The van der Waals surface area contributed by atoms with Crippen LogP contribution in [0.1, 0.15) is 34.6 Å². The fraction of sp³-hybridized carbons (Fsp3) is 0.923. The van der Waals surface area contributed by atoms with Crippen LogP contribution in [-0.4, -0.2) is 55.0 Å². The molecule has 1 fully saturated rings. The zero-order valence-electron chi connectivity index (χ0n) is 12.2. The van der Waals surface area contributed by atoms with Crippen LogP contribution in [0.4, 0.5) is 4.79 Å². The van der Waals surface area contributed by atoms with Crippen LogP contribution in [0.3, 0.4) is 0 Å².